The van der Waals surface area contributed by atoms with Gasteiger partial charge in [-0.1, -0.05) is 17.7 Å². The van der Waals surface area contributed by atoms with Gasteiger partial charge < -0.3 is 4.74 Å². The Bertz CT molecular complexity index is 601. The second-order valence-corrected chi connectivity index (χ2v) is 4.20. The fourth-order valence-corrected chi connectivity index (χ4v) is 1.58. The van der Waals surface area contributed by atoms with Crippen LogP contribution in [0.4, 0.5) is 10.1 Å². The molecule has 0 atom stereocenters. The molecular weight excluding hydrogens is 273 g/mol. The molecule has 0 aliphatic rings. The maximum Gasteiger partial charge on any atom is 0.269 e. The topological polar surface area (TPSA) is 52.4 Å². The first-order valence-corrected chi connectivity index (χ1v) is 5.75. The van der Waals surface area contributed by atoms with Crippen LogP contribution in [-0.4, -0.2) is 4.92 Å². The summed E-state index contributed by atoms with van der Waals surface area (Å²) in [6.45, 7) is 0.159. The van der Waals surface area contributed by atoms with Crippen LogP contribution in [0.1, 0.15) is 5.56 Å². The van der Waals surface area contributed by atoms with Crippen molar-refractivity contribution in [3.63, 3.8) is 0 Å². The highest BCUT2D eigenvalue weighted by Crippen LogP contribution is 2.20. The lowest BCUT2D eigenvalue weighted by atomic mass is 10.2. The molecule has 2 rings (SSSR count). The molecule has 0 unspecified atom stereocenters. The summed E-state index contributed by atoms with van der Waals surface area (Å²) >= 11 is 5.57. The van der Waals surface area contributed by atoms with Crippen LogP contribution < -0.4 is 4.74 Å². The Kier molecular flexibility index (Phi) is 3.97. The Balaban J connectivity index is 2.01. The molecule has 4 nitrogen and oxygen atoms in total. The molecule has 19 heavy (non-hydrogen) atoms. The smallest absolute Gasteiger partial charge is 0.269 e. The first kappa shape index (κ1) is 13.3. The maximum absolute atomic E-state index is 13.2. The van der Waals surface area contributed by atoms with Crippen LogP contribution in [-0.2, 0) is 6.61 Å². The third kappa shape index (κ3) is 3.42. The molecule has 0 radical (unpaired) electrons. The van der Waals surface area contributed by atoms with E-state index in [9.17, 15) is 14.5 Å². The lowest BCUT2D eigenvalue weighted by Gasteiger charge is -2.06. The van der Waals surface area contributed by atoms with Crippen molar-refractivity contribution < 1.29 is 14.1 Å². The molecule has 0 fully saturated rings. The summed E-state index contributed by atoms with van der Waals surface area (Å²) in [6.07, 6.45) is 0. The summed E-state index contributed by atoms with van der Waals surface area (Å²) in [7, 11) is 0. The van der Waals surface area contributed by atoms with Crippen molar-refractivity contribution in [3.05, 3.63) is 69.0 Å². The number of benzene rings is 2. The van der Waals surface area contributed by atoms with E-state index in [1.807, 2.05) is 0 Å². The summed E-state index contributed by atoms with van der Waals surface area (Å²) in [6, 6.07) is 10.1. The van der Waals surface area contributed by atoms with Crippen molar-refractivity contribution >= 4 is 17.3 Å². The molecular formula is C13H9ClFNO3. The monoisotopic (exact) mass is 281 g/mol. The van der Waals surface area contributed by atoms with E-state index < -0.39 is 10.7 Å². The molecule has 0 heterocycles. The molecule has 0 aliphatic carbocycles. The van der Waals surface area contributed by atoms with Gasteiger partial charge in [-0.05, 0) is 29.8 Å². The standard InChI is InChI=1S/C13H9ClFNO3/c14-12-6-1-9(7-13(12)15)8-19-11-4-2-10(3-5-11)16(17)18/h1-7H,8H2. The van der Waals surface area contributed by atoms with Crippen LogP contribution in [0.2, 0.25) is 5.02 Å². The number of rotatable bonds is 4. The second-order valence-electron chi connectivity index (χ2n) is 3.79. The minimum Gasteiger partial charge on any atom is -0.489 e. The lowest BCUT2D eigenvalue weighted by molar-refractivity contribution is -0.384. The fourth-order valence-electron chi connectivity index (χ4n) is 1.46. The zero-order valence-electron chi connectivity index (χ0n) is 9.68. The van der Waals surface area contributed by atoms with Crippen LogP contribution in [0.15, 0.2) is 42.5 Å². The molecule has 0 spiro atoms. The van der Waals surface area contributed by atoms with E-state index in [0.29, 0.717) is 11.3 Å². The maximum atomic E-state index is 13.2. The van der Waals surface area contributed by atoms with E-state index in [0.717, 1.165) is 0 Å². The minimum absolute atomic E-state index is 0.00936. The number of hydrogen-bond acceptors (Lipinski definition) is 3. The number of nitrogens with zero attached hydrogens (tertiary/aromatic N) is 1. The van der Waals surface area contributed by atoms with Gasteiger partial charge in [-0.15, -0.1) is 0 Å². The van der Waals surface area contributed by atoms with Crippen LogP contribution in [0.25, 0.3) is 0 Å². The summed E-state index contributed by atoms with van der Waals surface area (Å²) in [4.78, 5) is 9.98. The van der Waals surface area contributed by atoms with E-state index in [-0.39, 0.29) is 17.3 Å². The van der Waals surface area contributed by atoms with Gasteiger partial charge in [0.05, 0.1) is 9.95 Å². The van der Waals surface area contributed by atoms with E-state index >= 15 is 0 Å². The molecule has 0 bridgehead atoms. The largest absolute Gasteiger partial charge is 0.489 e. The molecule has 0 aliphatic heterocycles. The van der Waals surface area contributed by atoms with E-state index in [2.05, 4.69) is 0 Å². The number of halogens is 2. The normalized spacial score (nSPS) is 10.2. The number of hydrogen-bond donors (Lipinski definition) is 0. The van der Waals surface area contributed by atoms with Crippen molar-refractivity contribution in [1.29, 1.82) is 0 Å². The predicted octanol–water partition coefficient (Wildman–Crippen LogP) is 3.97. The Morgan fingerprint density at radius 1 is 1.21 bits per heavy atom. The molecule has 98 valence electrons. The quantitative estimate of drug-likeness (QED) is 0.629. The number of nitro groups is 1. The Labute approximate surface area is 113 Å². The third-order valence-corrected chi connectivity index (χ3v) is 2.74. The summed E-state index contributed by atoms with van der Waals surface area (Å²) in [5.41, 5.74) is 0.616. The predicted molar refractivity (Wildman–Crippen MR) is 68.8 cm³/mol. The summed E-state index contributed by atoms with van der Waals surface area (Å²) in [5, 5.41) is 10.5. The van der Waals surface area contributed by atoms with Crippen molar-refractivity contribution in [3.8, 4) is 5.75 Å². The first-order valence-electron chi connectivity index (χ1n) is 5.37. The highest BCUT2D eigenvalue weighted by molar-refractivity contribution is 6.30. The number of non-ortho nitro benzene ring substituents is 1. The van der Waals surface area contributed by atoms with Gasteiger partial charge in [-0.25, -0.2) is 4.39 Å². The molecule has 2 aromatic rings. The van der Waals surface area contributed by atoms with Gasteiger partial charge in [0.1, 0.15) is 18.2 Å². The van der Waals surface area contributed by atoms with Crippen LogP contribution in [0.3, 0.4) is 0 Å². The molecule has 0 amide bonds. The molecule has 0 N–H and O–H groups in total. The fraction of sp³-hybridized carbons (Fsp3) is 0.0769. The van der Waals surface area contributed by atoms with E-state index in [4.69, 9.17) is 16.3 Å². The molecule has 0 aromatic heterocycles. The lowest BCUT2D eigenvalue weighted by Crippen LogP contribution is -1.96. The minimum atomic E-state index is -0.508. The summed E-state index contributed by atoms with van der Waals surface area (Å²) < 4.78 is 18.6. The van der Waals surface area contributed by atoms with Crippen molar-refractivity contribution in [2.75, 3.05) is 0 Å². The highest BCUT2D eigenvalue weighted by atomic mass is 35.5. The molecule has 0 saturated carbocycles. The second kappa shape index (κ2) is 5.67. The zero-order valence-corrected chi connectivity index (χ0v) is 10.4. The molecule has 0 saturated heterocycles. The summed E-state index contributed by atoms with van der Waals surface area (Å²) in [5.74, 6) is -0.0348. The number of nitro benzene ring substituents is 1. The van der Waals surface area contributed by atoms with Gasteiger partial charge in [-0.2, -0.15) is 0 Å². The van der Waals surface area contributed by atoms with E-state index in [1.165, 1.54) is 36.4 Å². The Morgan fingerprint density at radius 3 is 2.47 bits per heavy atom. The first-order chi connectivity index (χ1) is 9.06. The van der Waals surface area contributed by atoms with Crippen molar-refractivity contribution in [2.24, 2.45) is 0 Å². The van der Waals surface area contributed by atoms with Gasteiger partial charge in [0.15, 0.2) is 0 Å². The third-order valence-electron chi connectivity index (χ3n) is 2.44. The van der Waals surface area contributed by atoms with E-state index in [1.54, 1.807) is 6.07 Å². The Hall–Kier alpha value is -2.14. The molecule has 6 heteroatoms. The van der Waals surface area contributed by atoms with Crippen molar-refractivity contribution in [2.45, 2.75) is 6.61 Å². The van der Waals surface area contributed by atoms with Crippen LogP contribution in [0, 0.1) is 15.9 Å². The highest BCUT2D eigenvalue weighted by Gasteiger charge is 2.05. The van der Waals surface area contributed by atoms with Crippen LogP contribution >= 0.6 is 11.6 Å². The van der Waals surface area contributed by atoms with Gasteiger partial charge in [0.25, 0.3) is 5.69 Å². The van der Waals surface area contributed by atoms with Gasteiger partial charge in [-0.3, -0.25) is 10.1 Å². The average molecular weight is 282 g/mol. The Morgan fingerprint density at radius 2 is 1.89 bits per heavy atom. The number of ether oxygens (including phenoxy) is 1. The molecule has 2 aromatic carbocycles. The van der Waals surface area contributed by atoms with Gasteiger partial charge in [0.2, 0.25) is 0 Å². The average Bonchev–Trinajstić information content (AvgIpc) is 2.40. The SMILES string of the molecule is O=[N+]([O-])c1ccc(OCc2ccc(Cl)c(F)c2)cc1. The van der Waals surface area contributed by atoms with Gasteiger partial charge in [0, 0.05) is 12.1 Å². The van der Waals surface area contributed by atoms with Gasteiger partial charge >= 0.3 is 0 Å². The van der Waals surface area contributed by atoms with Crippen LogP contribution in [0.5, 0.6) is 5.75 Å². The van der Waals surface area contributed by atoms with Crippen molar-refractivity contribution in [1.82, 2.24) is 0 Å². The zero-order chi connectivity index (χ0) is 13.8.